The number of rotatable bonds is 1. The van der Waals surface area contributed by atoms with Crippen molar-refractivity contribution in [2.75, 3.05) is 23.7 Å². The van der Waals surface area contributed by atoms with E-state index < -0.39 is 5.54 Å². The average molecular weight is 298 g/mol. The van der Waals surface area contributed by atoms with Gasteiger partial charge in [-0.2, -0.15) is 0 Å². The minimum atomic E-state index is -0.545. The minimum absolute atomic E-state index is 0.0486. The second-order valence-electron chi connectivity index (χ2n) is 4.68. The summed E-state index contributed by atoms with van der Waals surface area (Å²) in [5.41, 5.74) is 6.89. The maximum atomic E-state index is 11.9. The third-order valence-electron chi connectivity index (χ3n) is 3.11. The molecule has 0 aromatic heterocycles. The van der Waals surface area contributed by atoms with Crippen LogP contribution < -0.4 is 16.0 Å². The van der Waals surface area contributed by atoms with Gasteiger partial charge in [0.1, 0.15) is 5.54 Å². The van der Waals surface area contributed by atoms with Crippen LogP contribution in [-0.2, 0) is 4.79 Å². The zero-order chi connectivity index (χ0) is 12.6. The Morgan fingerprint density at radius 2 is 2.18 bits per heavy atom. The van der Waals surface area contributed by atoms with Crippen molar-refractivity contribution in [2.24, 2.45) is 0 Å². The fourth-order valence-electron chi connectivity index (χ4n) is 2.06. The predicted octanol–water partition coefficient (Wildman–Crippen LogP) is 1.75. The molecule has 0 bridgehead atoms. The van der Waals surface area contributed by atoms with E-state index in [9.17, 15) is 4.79 Å². The lowest BCUT2D eigenvalue weighted by Crippen LogP contribution is -2.62. The normalized spacial score (nSPS) is 19.0. The monoisotopic (exact) mass is 297 g/mol. The number of benzene rings is 1. The van der Waals surface area contributed by atoms with Crippen LogP contribution in [0.1, 0.15) is 13.8 Å². The molecule has 1 aromatic rings. The first-order chi connectivity index (χ1) is 7.93. The van der Waals surface area contributed by atoms with Gasteiger partial charge >= 0.3 is 0 Å². The van der Waals surface area contributed by atoms with Gasteiger partial charge in [0.2, 0.25) is 5.91 Å². The first-order valence-corrected chi connectivity index (χ1v) is 6.33. The second-order valence-corrected chi connectivity index (χ2v) is 5.53. The van der Waals surface area contributed by atoms with E-state index in [1.54, 1.807) is 0 Å². The Kier molecular flexibility index (Phi) is 3.03. The SMILES string of the molecule is CC1(C)C(=O)NCCN1c1ccc(N)cc1Br. The molecule has 3 N–H and O–H groups in total. The van der Waals surface area contributed by atoms with Crippen molar-refractivity contribution in [3.05, 3.63) is 22.7 Å². The van der Waals surface area contributed by atoms with Crippen LogP contribution in [-0.4, -0.2) is 24.5 Å². The van der Waals surface area contributed by atoms with E-state index in [0.29, 0.717) is 12.2 Å². The lowest BCUT2D eigenvalue weighted by molar-refractivity contribution is -0.126. The van der Waals surface area contributed by atoms with Crippen molar-refractivity contribution in [1.82, 2.24) is 5.32 Å². The molecule has 1 saturated heterocycles. The number of anilines is 2. The predicted molar refractivity (Wildman–Crippen MR) is 73.0 cm³/mol. The quantitative estimate of drug-likeness (QED) is 0.777. The number of amides is 1. The number of carbonyl (C=O) groups is 1. The fourth-order valence-corrected chi connectivity index (χ4v) is 2.67. The summed E-state index contributed by atoms with van der Waals surface area (Å²) in [6, 6.07) is 5.65. The number of piperazine rings is 1. The third kappa shape index (κ3) is 2.11. The molecule has 1 heterocycles. The van der Waals surface area contributed by atoms with Crippen molar-refractivity contribution in [2.45, 2.75) is 19.4 Å². The molecule has 0 radical (unpaired) electrons. The summed E-state index contributed by atoms with van der Waals surface area (Å²) in [6.07, 6.45) is 0. The molecule has 0 aliphatic carbocycles. The summed E-state index contributed by atoms with van der Waals surface area (Å²) in [6.45, 7) is 5.30. The smallest absolute Gasteiger partial charge is 0.245 e. The summed E-state index contributed by atoms with van der Waals surface area (Å²) in [4.78, 5) is 14.0. The Balaban J connectivity index is 2.41. The van der Waals surface area contributed by atoms with Gasteiger partial charge in [-0.3, -0.25) is 4.79 Å². The molecule has 2 rings (SSSR count). The van der Waals surface area contributed by atoms with Gasteiger partial charge in [-0.25, -0.2) is 0 Å². The van der Waals surface area contributed by atoms with Crippen molar-refractivity contribution >= 4 is 33.2 Å². The van der Waals surface area contributed by atoms with Crippen LogP contribution in [0.2, 0.25) is 0 Å². The summed E-state index contributed by atoms with van der Waals surface area (Å²) >= 11 is 3.50. The number of nitrogens with zero attached hydrogens (tertiary/aromatic N) is 1. The molecule has 4 nitrogen and oxygen atoms in total. The van der Waals surface area contributed by atoms with Crippen LogP contribution in [0.25, 0.3) is 0 Å². The van der Waals surface area contributed by atoms with Gasteiger partial charge in [-0.15, -0.1) is 0 Å². The van der Waals surface area contributed by atoms with E-state index in [0.717, 1.165) is 16.7 Å². The van der Waals surface area contributed by atoms with Crippen molar-refractivity contribution < 1.29 is 4.79 Å². The number of hydrogen-bond acceptors (Lipinski definition) is 3. The molecule has 1 fully saturated rings. The van der Waals surface area contributed by atoms with E-state index in [1.165, 1.54) is 0 Å². The number of nitrogens with two attached hydrogens (primary N) is 1. The maximum absolute atomic E-state index is 11.9. The highest BCUT2D eigenvalue weighted by Gasteiger charge is 2.38. The topological polar surface area (TPSA) is 58.4 Å². The van der Waals surface area contributed by atoms with Gasteiger partial charge in [0, 0.05) is 23.2 Å². The summed E-state index contributed by atoms with van der Waals surface area (Å²) in [7, 11) is 0. The lowest BCUT2D eigenvalue weighted by atomic mass is 9.98. The largest absolute Gasteiger partial charge is 0.399 e. The van der Waals surface area contributed by atoms with Gasteiger partial charge in [-0.05, 0) is 48.0 Å². The molecule has 1 aliphatic heterocycles. The number of carbonyl (C=O) groups excluding carboxylic acids is 1. The zero-order valence-electron chi connectivity index (χ0n) is 9.96. The van der Waals surface area contributed by atoms with Crippen LogP contribution in [0.5, 0.6) is 0 Å². The molecular formula is C12H16BrN3O. The first-order valence-electron chi connectivity index (χ1n) is 5.54. The van der Waals surface area contributed by atoms with Gasteiger partial charge < -0.3 is 16.0 Å². The maximum Gasteiger partial charge on any atom is 0.245 e. The van der Waals surface area contributed by atoms with E-state index >= 15 is 0 Å². The van der Waals surface area contributed by atoms with Crippen molar-refractivity contribution in [1.29, 1.82) is 0 Å². The van der Waals surface area contributed by atoms with E-state index in [1.807, 2.05) is 32.0 Å². The number of nitrogens with one attached hydrogen (secondary N) is 1. The van der Waals surface area contributed by atoms with Crippen molar-refractivity contribution in [3.63, 3.8) is 0 Å². The Morgan fingerprint density at radius 1 is 1.47 bits per heavy atom. The Hall–Kier alpha value is -1.23. The average Bonchev–Trinajstić information content (AvgIpc) is 2.23. The number of hydrogen-bond donors (Lipinski definition) is 2. The van der Waals surface area contributed by atoms with Crippen LogP contribution in [0.15, 0.2) is 22.7 Å². The molecule has 5 heteroatoms. The molecule has 0 unspecified atom stereocenters. The van der Waals surface area contributed by atoms with E-state index in [2.05, 4.69) is 26.1 Å². The van der Waals surface area contributed by atoms with Crippen LogP contribution >= 0.6 is 15.9 Å². The fraction of sp³-hybridized carbons (Fsp3) is 0.417. The molecule has 1 aliphatic rings. The molecule has 92 valence electrons. The van der Waals surface area contributed by atoms with Gasteiger partial charge in [-0.1, -0.05) is 0 Å². The highest BCUT2D eigenvalue weighted by Crippen LogP contribution is 2.33. The Morgan fingerprint density at radius 3 is 2.82 bits per heavy atom. The molecule has 0 spiro atoms. The summed E-state index contributed by atoms with van der Waals surface area (Å²) in [5.74, 6) is 0.0486. The summed E-state index contributed by atoms with van der Waals surface area (Å²) < 4.78 is 0.917. The molecule has 0 atom stereocenters. The highest BCUT2D eigenvalue weighted by molar-refractivity contribution is 9.10. The molecule has 1 amide bonds. The van der Waals surface area contributed by atoms with Gasteiger partial charge in [0.25, 0.3) is 0 Å². The van der Waals surface area contributed by atoms with Gasteiger partial charge in [0.05, 0.1) is 5.69 Å². The molecule has 1 aromatic carbocycles. The lowest BCUT2D eigenvalue weighted by Gasteiger charge is -2.43. The number of halogens is 1. The molecule has 0 saturated carbocycles. The highest BCUT2D eigenvalue weighted by atomic mass is 79.9. The summed E-state index contributed by atoms with van der Waals surface area (Å²) in [5, 5.41) is 2.88. The van der Waals surface area contributed by atoms with Crippen LogP contribution in [0, 0.1) is 0 Å². The second kappa shape index (κ2) is 4.22. The van der Waals surface area contributed by atoms with Crippen molar-refractivity contribution in [3.8, 4) is 0 Å². The van der Waals surface area contributed by atoms with E-state index in [4.69, 9.17) is 5.73 Å². The zero-order valence-corrected chi connectivity index (χ0v) is 11.5. The Bertz CT molecular complexity index is 459. The Labute approximate surface area is 109 Å². The molecular weight excluding hydrogens is 282 g/mol. The third-order valence-corrected chi connectivity index (χ3v) is 3.75. The van der Waals surface area contributed by atoms with Gasteiger partial charge in [0.15, 0.2) is 0 Å². The van der Waals surface area contributed by atoms with E-state index in [-0.39, 0.29) is 5.91 Å². The minimum Gasteiger partial charge on any atom is -0.399 e. The van der Waals surface area contributed by atoms with Crippen LogP contribution in [0.4, 0.5) is 11.4 Å². The molecule has 17 heavy (non-hydrogen) atoms. The number of nitrogen functional groups attached to an aromatic ring is 1. The first kappa shape index (κ1) is 12.2. The van der Waals surface area contributed by atoms with Crippen LogP contribution in [0.3, 0.4) is 0 Å². The standard InChI is InChI=1S/C12H16BrN3O/c1-12(2)11(17)15-5-6-16(12)10-4-3-8(14)7-9(10)13/h3-4,7H,5-6,14H2,1-2H3,(H,15,17).